The van der Waals surface area contributed by atoms with Crippen molar-refractivity contribution in [3.63, 3.8) is 0 Å². The largest absolute Gasteiger partial charge is 0.378 e. The van der Waals surface area contributed by atoms with Crippen LogP contribution in [-0.2, 0) is 16.0 Å². The molecule has 1 aliphatic rings. The Morgan fingerprint density at radius 1 is 1.41 bits per heavy atom. The molecule has 3 nitrogen and oxygen atoms in total. The van der Waals surface area contributed by atoms with Crippen molar-refractivity contribution in [1.82, 2.24) is 5.32 Å². The number of rotatable bonds is 5. The summed E-state index contributed by atoms with van der Waals surface area (Å²) in [5.74, 6) is 0. The van der Waals surface area contributed by atoms with Crippen molar-refractivity contribution in [3.8, 4) is 0 Å². The number of hydrogen-bond acceptors (Lipinski definition) is 3. The van der Waals surface area contributed by atoms with Crippen molar-refractivity contribution in [2.24, 2.45) is 0 Å². The third kappa shape index (κ3) is 3.52. The molecule has 1 aromatic rings. The lowest BCUT2D eigenvalue weighted by Crippen LogP contribution is -2.42. The smallest absolute Gasteiger partial charge is 0.106 e. The number of benzene rings is 1. The predicted molar refractivity (Wildman–Crippen MR) is 71.0 cm³/mol. The van der Waals surface area contributed by atoms with Gasteiger partial charge >= 0.3 is 0 Å². The van der Waals surface area contributed by atoms with Crippen molar-refractivity contribution in [1.29, 1.82) is 0 Å². The van der Waals surface area contributed by atoms with Crippen LogP contribution in [0.2, 0.25) is 0 Å². The van der Waals surface area contributed by atoms with Gasteiger partial charge in [-0.2, -0.15) is 0 Å². The number of hydrogen-bond donors (Lipinski definition) is 1. The molecule has 0 aliphatic carbocycles. The number of ether oxygens (including phenoxy) is 2. The number of halogens is 1. The summed E-state index contributed by atoms with van der Waals surface area (Å²) in [7, 11) is 1.76. The molecular weight excluding hydrogens is 282 g/mol. The molecule has 1 fully saturated rings. The van der Waals surface area contributed by atoms with E-state index in [4.69, 9.17) is 9.47 Å². The fourth-order valence-corrected chi connectivity index (χ4v) is 2.26. The van der Waals surface area contributed by atoms with Gasteiger partial charge < -0.3 is 14.8 Å². The zero-order chi connectivity index (χ0) is 12.1. The van der Waals surface area contributed by atoms with Crippen LogP contribution in [0.5, 0.6) is 0 Å². The molecular formula is C13H18BrNO2. The van der Waals surface area contributed by atoms with E-state index in [0.29, 0.717) is 6.61 Å². The minimum Gasteiger partial charge on any atom is -0.378 e. The fraction of sp³-hybridized carbons (Fsp3) is 0.538. The lowest BCUT2D eigenvalue weighted by molar-refractivity contribution is -0.0159. The zero-order valence-corrected chi connectivity index (χ0v) is 11.6. The van der Waals surface area contributed by atoms with Crippen LogP contribution >= 0.6 is 15.9 Å². The molecule has 1 heterocycles. The summed E-state index contributed by atoms with van der Waals surface area (Å²) < 4.78 is 12.1. The van der Waals surface area contributed by atoms with E-state index in [0.717, 1.165) is 30.6 Å². The molecule has 94 valence electrons. The van der Waals surface area contributed by atoms with E-state index >= 15 is 0 Å². The van der Waals surface area contributed by atoms with Crippen molar-refractivity contribution < 1.29 is 9.47 Å². The summed E-state index contributed by atoms with van der Waals surface area (Å²) in [6.07, 6.45) is 0.969. The Bertz CT molecular complexity index is 347. The summed E-state index contributed by atoms with van der Waals surface area (Å²) in [6, 6.07) is 8.34. The molecule has 0 spiro atoms. The minimum absolute atomic E-state index is 0.130. The number of methoxy groups -OCH3 is 1. The maximum absolute atomic E-state index is 5.56. The molecule has 17 heavy (non-hydrogen) atoms. The van der Waals surface area contributed by atoms with Crippen molar-refractivity contribution in [3.05, 3.63) is 34.3 Å². The van der Waals surface area contributed by atoms with Gasteiger partial charge in [-0.05, 0) is 17.7 Å². The molecule has 0 amide bonds. The third-order valence-electron chi connectivity index (χ3n) is 3.19. The first-order valence-corrected chi connectivity index (χ1v) is 6.61. The molecule has 2 rings (SSSR count). The summed E-state index contributed by atoms with van der Waals surface area (Å²) >= 11 is 3.43. The van der Waals surface area contributed by atoms with Gasteiger partial charge in [0.1, 0.15) is 5.60 Å². The second-order valence-corrected chi connectivity index (χ2v) is 5.34. The SMILES string of the molecule is COC1(CNCc2ccc(Br)cc2)CCOC1. The summed E-state index contributed by atoms with van der Waals surface area (Å²) in [6.45, 7) is 3.18. The average Bonchev–Trinajstić information content (AvgIpc) is 2.81. The molecule has 0 saturated carbocycles. The topological polar surface area (TPSA) is 30.5 Å². The predicted octanol–water partition coefficient (Wildman–Crippen LogP) is 2.34. The maximum Gasteiger partial charge on any atom is 0.106 e. The molecule has 0 bridgehead atoms. The molecule has 1 saturated heterocycles. The Labute approximate surface area is 111 Å². The minimum atomic E-state index is -0.130. The van der Waals surface area contributed by atoms with E-state index in [-0.39, 0.29) is 5.60 Å². The van der Waals surface area contributed by atoms with Crippen molar-refractivity contribution in [2.45, 2.75) is 18.6 Å². The van der Waals surface area contributed by atoms with Gasteiger partial charge in [0.05, 0.1) is 6.61 Å². The van der Waals surface area contributed by atoms with Crippen molar-refractivity contribution >= 4 is 15.9 Å². The van der Waals surface area contributed by atoms with Gasteiger partial charge in [0, 0.05) is 37.7 Å². The molecule has 0 aromatic heterocycles. The first-order valence-electron chi connectivity index (χ1n) is 5.82. The zero-order valence-electron chi connectivity index (χ0n) is 10.0. The van der Waals surface area contributed by atoms with Gasteiger partial charge in [-0.3, -0.25) is 0 Å². The summed E-state index contributed by atoms with van der Waals surface area (Å²) in [5, 5.41) is 3.43. The van der Waals surface area contributed by atoms with Crippen LogP contribution in [0, 0.1) is 0 Å². The Morgan fingerprint density at radius 3 is 2.76 bits per heavy atom. The fourth-order valence-electron chi connectivity index (χ4n) is 2.00. The molecule has 1 aromatic carbocycles. The third-order valence-corrected chi connectivity index (χ3v) is 3.72. The quantitative estimate of drug-likeness (QED) is 0.905. The summed E-state index contributed by atoms with van der Waals surface area (Å²) in [4.78, 5) is 0. The second kappa shape index (κ2) is 5.96. The lowest BCUT2D eigenvalue weighted by atomic mass is 10.0. The van der Waals surface area contributed by atoms with Gasteiger partial charge in [-0.15, -0.1) is 0 Å². The highest BCUT2D eigenvalue weighted by Crippen LogP contribution is 2.21. The van der Waals surface area contributed by atoms with Gasteiger partial charge in [0.25, 0.3) is 0 Å². The monoisotopic (exact) mass is 299 g/mol. The van der Waals surface area contributed by atoms with Crippen LogP contribution in [0.25, 0.3) is 0 Å². The van der Waals surface area contributed by atoms with Gasteiger partial charge in [-0.1, -0.05) is 28.1 Å². The van der Waals surface area contributed by atoms with E-state index in [2.05, 4.69) is 45.5 Å². The van der Waals surface area contributed by atoms with Crippen LogP contribution in [-0.4, -0.2) is 32.5 Å². The normalized spacial score (nSPS) is 24.1. The van der Waals surface area contributed by atoms with Crippen LogP contribution < -0.4 is 5.32 Å². The Hall–Kier alpha value is -0.420. The summed E-state index contributed by atoms with van der Waals surface area (Å²) in [5.41, 5.74) is 1.15. The van der Waals surface area contributed by atoms with Crippen LogP contribution in [0.1, 0.15) is 12.0 Å². The highest BCUT2D eigenvalue weighted by atomic mass is 79.9. The Morgan fingerprint density at radius 2 is 2.18 bits per heavy atom. The van der Waals surface area contributed by atoms with Gasteiger partial charge in [0.2, 0.25) is 0 Å². The van der Waals surface area contributed by atoms with E-state index < -0.39 is 0 Å². The van der Waals surface area contributed by atoms with Crippen LogP contribution in [0.15, 0.2) is 28.7 Å². The first-order chi connectivity index (χ1) is 8.24. The molecule has 1 unspecified atom stereocenters. The van der Waals surface area contributed by atoms with E-state index in [9.17, 15) is 0 Å². The molecule has 1 N–H and O–H groups in total. The highest BCUT2D eigenvalue weighted by Gasteiger charge is 2.34. The second-order valence-electron chi connectivity index (χ2n) is 4.42. The molecule has 0 radical (unpaired) electrons. The maximum atomic E-state index is 5.56. The van der Waals surface area contributed by atoms with E-state index in [1.165, 1.54) is 5.56 Å². The first kappa shape index (κ1) is 13.0. The Kier molecular flexibility index (Phi) is 4.56. The standard InChI is InChI=1S/C13H18BrNO2/c1-16-13(6-7-17-10-13)9-15-8-11-2-4-12(14)5-3-11/h2-5,15H,6-10H2,1H3. The van der Waals surface area contributed by atoms with Crippen molar-refractivity contribution in [2.75, 3.05) is 26.9 Å². The lowest BCUT2D eigenvalue weighted by Gasteiger charge is -2.26. The average molecular weight is 300 g/mol. The van der Waals surface area contributed by atoms with Gasteiger partial charge in [-0.25, -0.2) is 0 Å². The molecule has 1 atom stereocenters. The van der Waals surface area contributed by atoms with Crippen LogP contribution in [0.4, 0.5) is 0 Å². The van der Waals surface area contributed by atoms with Gasteiger partial charge in [0.15, 0.2) is 0 Å². The Balaban J connectivity index is 1.80. The highest BCUT2D eigenvalue weighted by molar-refractivity contribution is 9.10. The van der Waals surface area contributed by atoms with E-state index in [1.807, 2.05) is 0 Å². The van der Waals surface area contributed by atoms with Crippen LogP contribution in [0.3, 0.4) is 0 Å². The number of nitrogens with one attached hydrogen (secondary N) is 1. The molecule has 1 aliphatic heterocycles. The molecule has 4 heteroatoms. The van der Waals surface area contributed by atoms with E-state index in [1.54, 1.807) is 7.11 Å².